The molecule has 1 heterocycles. The molecule has 1 aliphatic heterocycles. The van der Waals surface area contributed by atoms with E-state index in [1.54, 1.807) is 18.2 Å². The maximum atomic E-state index is 12.6. The lowest BCUT2D eigenvalue weighted by molar-refractivity contribution is -0.136. The van der Waals surface area contributed by atoms with Crippen molar-refractivity contribution in [1.29, 1.82) is 0 Å². The third-order valence-electron chi connectivity index (χ3n) is 4.33. The summed E-state index contributed by atoms with van der Waals surface area (Å²) in [5.41, 5.74) is 3.17. The summed E-state index contributed by atoms with van der Waals surface area (Å²) in [5.74, 6) is -1.89. The SMILES string of the molecule is C=CCN1C(=O)/C(=C/c2ccc(-c3cccc(CC(=O)O)c3)cc2)C(=O)NC1=S. The number of rotatable bonds is 6. The van der Waals surface area contributed by atoms with Gasteiger partial charge >= 0.3 is 5.97 Å². The maximum Gasteiger partial charge on any atom is 0.307 e. The van der Waals surface area contributed by atoms with Crippen molar-refractivity contribution in [3.63, 3.8) is 0 Å². The van der Waals surface area contributed by atoms with Crippen LogP contribution in [0.5, 0.6) is 0 Å². The standard InChI is InChI=1S/C22H18N2O4S/c1-2-10-24-21(28)18(20(27)23-22(24)29)12-14-6-8-16(9-7-14)17-5-3-4-15(11-17)13-19(25)26/h2-9,11-12H,1,10,13H2,(H,25,26)(H,23,27,29)/b18-12+. The van der Waals surface area contributed by atoms with Crippen LogP contribution >= 0.6 is 12.2 Å². The molecule has 0 saturated carbocycles. The molecule has 3 rings (SSSR count). The van der Waals surface area contributed by atoms with E-state index in [0.29, 0.717) is 11.1 Å². The number of benzene rings is 2. The molecule has 0 bridgehead atoms. The molecule has 0 radical (unpaired) electrons. The molecule has 6 nitrogen and oxygen atoms in total. The number of nitrogens with zero attached hydrogens (tertiary/aromatic N) is 1. The molecule has 2 amide bonds. The number of carboxylic acids is 1. The summed E-state index contributed by atoms with van der Waals surface area (Å²) in [6.45, 7) is 3.80. The minimum atomic E-state index is -0.885. The molecule has 0 atom stereocenters. The van der Waals surface area contributed by atoms with Crippen LogP contribution in [-0.4, -0.2) is 39.4 Å². The number of carbonyl (C=O) groups excluding carboxylic acids is 2. The number of amides is 2. The molecule has 1 aliphatic rings. The molecule has 1 fully saturated rings. The Kier molecular flexibility index (Phi) is 5.99. The van der Waals surface area contributed by atoms with Gasteiger partial charge in [0, 0.05) is 6.54 Å². The van der Waals surface area contributed by atoms with E-state index < -0.39 is 17.8 Å². The van der Waals surface area contributed by atoms with E-state index in [0.717, 1.165) is 11.1 Å². The topological polar surface area (TPSA) is 86.7 Å². The average Bonchev–Trinajstić information content (AvgIpc) is 2.68. The van der Waals surface area contributed by atoms with E-state index in [1.165, 1.54) is 17.1 Å². The fourth-order valence-electron chi connectivity index (χ4n) is 2.96. The zero-order valence-electron chi connectivity index (χ0n) is 15.4. The summed E-state index contributed by atoms with van der Waals surface area (Å²) in [4.78, 5) is 36.9. The van der Waals surface area contributed by atoms with Crippen LogP contribution < -0.4 is 5.32 Å². The Balaban J connectivity index is 1.85. The first-order valence-corrected chi connectivity index (χ1v) is 9.21. The van der Waals surface area contributed by atoms with E-state index in [2.05, 4.69) is 11.9 Å². The van der Waals surface area contributed by atoms with Crippen LogP contribution in [0, 0.1) is 0 Å². The normalized spacial score (nSPS) is 15.4. The van der Waals surface area contributed by atoms with Crippen molar-refractivity contribution in [2.24, 2.45) is 0 Å². The summed E-state index contributed by atoms with van der Waals surface area (Å²) in [7, 11) is 0. The van der Waals surface area contributed by atoms with Crippen molar-refractivity contribution in [3.05, 3.63) is 77.9 Å². The van der Waals surface area contributed by atoms with Gasteiger partial charge in [0.2, 0.25) is 0 Å². The molecule has 0 unspecified atom stereocenters. The zero-order valence-corrected chi connectivity index (χ0v) is 16.2. The van der Waals surface area contributed by atoms with Gasteiger partial charge in [-0.2, -0.15) is 0 Å². The van der Waals surface area contributed by atoms with Crippen LogP contribution in [0.4, 0.5) is 0 Å². The summed E-state index contributed by atoms with van der Waals surface area (Å²) in [6.07, 6.45) is 3.01. The zero-order chi connectivity index (χ0) is 21.0. The molecule has 2 N–H and O–H groups in total. The van der Waals surface area contributed by atoms with Crippen LogP contribution in [-0.2, 0) is 20.8 Å². The highest BCUT2D eigenvalue weighted by Gasteiger charge is 2.32. The highest BCUT2D eigenvalue weighted by atomic mass is 32.1. The third kappa shape index (κ3) is 4.64. The number of hydrogen-bond donors (Lipinski definition) is 2. The Bertz CT molecular complexity index is 1040. The fraction of sp³-hybridized carbons (Fsp3) is 0.0909. The molecular formula is C22H18N2O4S. The molecule has 0 spiro atoms. The Hall–Kier alpha value is -3.58. The van der Waals surface area contributed by atoms with Crippen LogP contribution in [0.2, 0.25) is 0 Å². The van der Waals surface area contributed by atoms with Crippen molar-refractivity contribution in [3.8, 4) is 11.1 Å². The molecule has 7 heteroatoms. The molecule has 1 saturated heterocycles. The number of carbonyl (C=O) groups is 3. The number of carboxylic acid groups (broad SMARTS) is 1. The lowest BCUT2D eigenvalue weighted by atomic mass is 10.00. The van der Waals surface area contributed by atoms with Gasteiger partial charge in [-0.1, -0.05) is 54.6 Å². The minimum Gasteiger partial charge on any atom is -0.481 e. The summed E-state index contributed by atoms with van der Waals surface area (Å²) < 4.78 is 0. The van der Waals surface area contributed by atoms with Gasteiger partial charge in [-0.3, -0.25) is 24.6 Å². The lowest BCUT2D eigenvalue weighted by Gasteiger charge is -2.27. The van der Waals surface area contributed by atoms with Gasteiger partial charge in [-0.05, 0) is 40.5 Å². The Labute approximate surface area is 173 Å². The van der Waals surface area contributed by atoms with Crippen molar-refractivity contribution >= 4 is 41.2 Å². The van der Waals surface area contributed by atoms with Gasteiger partial charge in [-0.15, -0.1) is 6.58 Å². The molecular weight excluding hydrogens is 388 g/mol. The number of nitrogens with one attached hydrogen (secondary N) is 1. The minimum absolute atomic E-state index is 0.00310. The largest absolute Gasteiger partial charge is 0.481 e. The lowest BCUT2D eigenvalue weighted by Crippen LogP contribution is -2.53. The van der Waals surface area contributed by atoms with Crippen LogP contribution in [0.25, 0.3) is 17.2 Å². The second-order valence-corrected chi connectivity index (χ2v) is 6.80. The average molecular weight is 406 g/mol. The fourth-order valence-corrected chi connectivity index (χ4v) is 3.21. The predicted molar refractivity (Wildman–Crippen MR) is 114 cm³/mol. The Morgan fingerprint density at radius 1 is 1.14 bits per heavy atom. The first-order valence-electron chi connectivity index (χ1n) is 8.80. The van der Waals surface area contributed by atoms with Crippen molar-refractivity contribution in [1.82, 2.24) is 10.2 Å². The quantitative estimate of drug-likeness (QED) is 0.333. The first kappa shape index (κ1) is 20.2. The second kappa shape index (κ2) is 8.62. The molecule has 0 aromatic heterocycles. The van der Waals surface area contributed by atoms with Crippen molar-refractivity contribution < 1.29 is 19.5 Å². The van der Waals surface area contributed by atoms with Crippen molar-refractivity contribution in [2.45, 2.75) is 6.42 Å². The Morgan fingerprint density at radius 3 is 2.52 bits per heavy atom. The predicted octanol–water partition coefficient (Wildman–Crippen LogP) is 2.79. The summed E-state index contributed by atoms with van der Waals surface area (Å²) >= 11 is 5.03. The van der Waals surface area contributed by atoms with E-state index in [-0.39, 0.29) is 23.7 Å². The highest BCUT2D eigenvalue weighted by molar-refractivity contribution is 7.80. The highest BCUT2D eigenvalue weighted by Crippen LogP contribution is 2.23. The van der Waals surface area contributed by atoms with E-state index in [4.69, 9.17) is 17.3 Å². The van der Waals surface area contributed by atoms with Gasteiger partial charge in [-0.25, -0.2) is 0 Å². The van der Waals surface area contributed by atoms with Gasteiger partial charge < -0.3 is 5.11 Å². The van der Waals surface area contributed by atoms with Crippen LogP contribution in [0.15, 0.2) is 66.8 Å². The van der Waals surface area contributed by atoms with E-state index in [9.17, 15) is 14.4 Å². The van der Waals surface area contributed by atoms with Gasteiger partial charge in [0.05, 0.1) is 6.42 Å². The first-order chi connectivity index (χ1) is 13.9. The molecule has 2 aromatic rings. The molecule has 2 aromatic carbocycles. The van der Waals surface area contributed by atoms with Gasteiger partial charge in [0.25, 0.3) is 11.8 Å². The smallest absolute Gasteiger partial charge is 0.307 e. The molecule has 29 heavy (non-hydrogen) atoms. The monoisotopic (exact) mass is 406 g/mol. The number of thiocarbonyl (C=S) groups is 1. The van der Waals surface area contributed by atoms with Gasteiger partial charge in [0.15, 0.2) is 5.11 Å². The van der Waals surface area contributed by atoms with E-state index in [1.807, 2.05) is 30.3 Å². The maximum absolute atomic E-state index is 12.6. The summed E-state index contributed by atoms with van der Waals surface area (Å²) in [6, 6.07) is 14.6. The molecule has 146 valence electrons. The number of hydrogen-bond acceptors (Lipinski definition) is 4. The Morgan fingerprint density at radius 2 is 1.86 bits per heavy atom. The van der Waals surface area contributed by atoms with Crippen molar-refractivity contribution in [2.75, 3.05) is 6.54 Å². The van der Waals surface area contributed by atoms with E-state index >= 15 is 0 Å². The summed E-state index contributed by atoms with van der Waals surface area (Å²) in [5, 5.41) is 11.5. The molecule has 0 aliphatic carbocycles. The van der Waals surface area contributed by atoms with Crippen LogP contribution in [0.3, 0.4) is 0 Å². The number of aliphatic carboxylic acids is 1. The van der Waals surface area contributed by atoms with Crippen LogP contribution in [0.1, 0.15) is 11.1 Å². The third-order valence-corrected chi connectivity index (χ3v) is 4.66. The van der Waals surface area contributed by atoms with Gasteiger partial charge in [0.1, 0.15) is 5.57 Å². The second-order valence-electron chi connectivity index (χ2n) is 6.41.